The first-order valence-corrected chi connectivity index (χ1v) is 16.2. The van der Waals surface area contributed by atoms with E-state index in [-0.39, 0.29) is 58.3 Å². The van der Waals surface area contributed by atoms with Crippen LogP contribution in [0.2, 0.25) is 5.02 Å². The minimum Gasteiger partial charge on any atom is -0.490 e. The lowest BCUT2D eigenvalue weighted by atomic mass is 10.0. The molecule has 2 bridgehead atoms. The maximum Gasteiger partial charge on any atom is 0.355 e. The highest BCUT2D eigenvalue weighted by atomic mass is 35.5. The van der Waals surface area contributed by atoms with Gasteiger partial charge in [-0.3, -0.25) is 9.36 Å². The molecule has 3 aromatic rings. The van der Waals surface area contributed by atoms with Gasteiger partial charge in [-0.1, -0.05) is 32.0 Å². The van der Waals surface area contributed by atoms with Crippen molar-refractivity contribution >= 4 is 40.6 Å². The summed E-state index contributed by atoms with van der Waals surface area (Å²) in [6.45, 7) is 12.7. The topological polar surface area (TPSA) is 122 Å². The molecule has 1 saturated heterocycles. The molecule has 0 saturated carbocycles. The number of amides is 1. The van der Waals surface area contributed by atoms with Gasteiger partial charge in [0, 0.05) is 50.6 Å². The Bertz CT molecular complexity index is 1830. The third-order valence-electron chi connectivity index (χ3n) is 8.14. The average molecular weight is 685 g/mol. The molecule has 2 aliphatic rings. The maximum absolute atomic E-state index is 16.2. The van der Waals surface area contributed by atoms with Crippen LogP contribution in [0.5, 0.6) is 5.75 Å². The minimum atomic E-state index is -1.30. The molecule has 1 aromatic carbocycles. The lowest BCUT2D eigenvalue weighted by Gasteiger charge is -2.40. The highest BCUT2D eigenvalue weighted by Crippen LogP contribution is 2.39. The number of pyridine rings is 1. The summed E-state index contributed by atoms with van der Waals surface area (Å²) in [7, 11) is 0. The normalized spacial score (nSPS) is 21.0. The van der Waals surface area contributed by atoms with Gasteiger partial charge in [-0.2, -0.15) is 4.98 Å². The minimum absolute atomic E-state index is 0.0325. The van der Waals surface area contributed by atoms with Gasteiger partial charge in [0.15, 0.2) is 17.3 Å². The average Bonchev–Trinajstić information content (AvgIpc) is 3.05. The van der Waals surface area contributed by atoms with Crippen LogP contribution < -0.4 is 20.6 Å². The number of carbonyl (C=O) groups excluding carboxylic acids is 1. The van der Waals surface area contributed by atoms with Gasteiger partial charge in [0.05, 0.1) is 16.0 Å². The van der Waals surface area contributed by atoms with E-state index < -0.39 is 35.2 Å². The van der Waals surface area contributed by atoms with Crippen LogP contribution in [0.3, 0.4) is 0 Å². The van der Waals surface area contributed by atoms with Gasteiger partial charge < -0.3 is 29.7 Å². The number of fused-ring (bicyclic) bond motifs is 3. The maximum atomic E-state index is 16.2. The Morgan fingerprint density at radius 1 is 1.29 bits per heavy atom. The number of ether oxygens (including phenoxy) is 2. The van der Waals surface area contributed by atoms with Gasteiger partial charge >= 0.3 is 5.69 Å². The molecule has 0 spiro atoms. The molecule has 3 atom stereocenters. The molecule has 4 heterocycles. The van der Waals surface area contributed by atoms with Crippen LogP contribution in [0, 0.1) is 17.6 Å². The molecule has 1 fully saturated rings. The van der Waals surface area contributed by atoms with E-state index in [1.54, 1.807) is 24.1 Å². The molecule has 0 aliphatic carbocycles. The summed E-state index contributed by atoms with van der Waals surface area (Å²) in [5, 5.41) is 14.4. The van der Waals surface area contributed by atoms with Crippen molar-refractivity contribution in [1.29, 1.82) is 0 Å². The van der Waals surface area contributed by atoms with Crippen molar-refractivity contribution in [3.05, 3.63) is 75.8 Å². The van der Waals surface area contributed by atoms with E-state index in [0.29, 0.717) is 37.7 Å². The fourth-order valence-electron chi connectivity index (χ4n) is 5.80. The molecule has 2 N–H and O–H groups in total. The highest BCUT2D eigenvalue weighted by Gasteiger charge is 2.32. The smallest absolute Gasteiger partial charge is 0.355 e. The van der Waals surface area contributed by atoms with E-state index in [1.165, 1.54) is 24.4 Å². The predicted octanol–water partition coefficient (Wildman–Crippen LogP) is 4.37. The molecule has 11 nitrogen and oxygen atoms in total. The molecule has 0 radical (unpaired) electrons. The summed E-state index contributed by atoms with van der Waals surface area (Å²) in [5.41, 5.74) is -1.24. The lowest BCUT2D eigenvalue weighted by molar-refractivity contribution is -0.126. The Morgan fingerprint density at radius 2 is 2.06 bits per heavy atom. The van der Waals surface area contributed by atoms with Crippen molar-refractivity contribution in [3.63, 3.8) is 0 Å². The van der Waals surface area contributed by atoms with Crippen molar-refractivity contribution in [2.45, 2.75) is 45.9 Å². The first kappa shape index (κ1) is 35.0. The highest BCUT2D eigenvalue weighted by molar-refractivity contribution is 6.31. The Morgan fingerprint density at radius 3 is 2.75 bits per heavy atom. The van der Waals surface area contributed by atoms with Crippen LogP contribution in [-0.4, -0.2) is 88.1 Å². The summed E-state index contributed by atoms with van der Waals surface area (Å²) < 4.78 is 44.9. The number of benzene rings is 1. The fourth-order valence-corrected chi connectivity index (χ4v) is 5.96. The summed E-state index contributed by atoms with van der Waals surface area (Å²) in [4.78, 5) is 38.7. The molecular weight excluding hydrogens is 646 g/mol. The molecule has 48 heavy (non-hydrogen) atoms. The Balaban J connectivity index is 1.80. The molecule has 5 rings (SSSR count). The number of aliphatic hydroxyl groups is 1. The second-order valence-electron chi connectivity index (χ2n) is 12.1. The summed E-state index contributed by atoms with van der Waals surface area (Å²) >= 11 is 6.14. The largest absolute Gasteiger partial charge is 0.490 e. The van der Waals surface area contributed by atoms with Crippen LogP contribution >= 0.6 is 11.6 Å². The molecular formula is C34H39ClF2N6O5. The lowest BCUT2D eigenvalue weighted by Crippen LogP contribution is -2.54. The predicted molar refractivity (Wildman–Crippen MR) is 181 cm³/mol. The zero-order valence-corrected chi connectivity index (χ0v) is 28.0. The molecule has 2 unspecified atom stereocenters. The number of rotatable bonds is 8. The van der Waals surface area contributed by atoms with Crippen molar-refractivity contribution in [1.82, 2.24) is 24.8 Å². The molecule has 14 heteroatoms. The van der Waals surface area contributed by atoms with E-state index in [9.17, 15) is 14.7 Å². The number of hydrogen-bond donors (Lipinski definition) is 2. The van der Waals surface area contributed by atoms with Crippen LogP contribution in [0.15, 0.2) is 53.5 Å². The molecule has 1 amide bonds. The standard InChI is InChI=1S/C34H39ClF2N6O5/c1-6-27(45)41-12-13-42(20(5)16-41)33-22-14-24(36)30-28-26(9-8-23(35)29(28)37)48-18-25(44)31(47-7-2)21(10-11-38-15-19(3)4)17-43(32(22)39-30)34(46)40-33/h6,8-11,14,17,19-20,25,31,38,44H,1,7,12-13,15-16,18H2,2-5H3/b11-10-,21-17-/t20-,25?,31?/m0/s1. The van der Waals surface area contributed by atoms with E-state index >= 15 is 8.78 Å². The number of nitrogens with one attached hydrogen (secondary N) is 1. The number of halogens is 3. The van der Waals surface area contributed by atoms with Crippen LogP contribution in [0.4, 0.5) is 14.6 Å². The van der Waals surface area contributed by atoms with Gasteiger partial charge in [-0.15, -0.1) is 0 Å². The van der Waals surface area contributed by atoms with Gasteiger partial charge in [0.25, 0.3) is 0 Å². The van der Waals surface area contributed by atoms with Gasteiger partial charge in [-0.25, -0.2) is 18.6 Å². The number of anilines is 1. The second-order valence-corrected chi connectivity index (χ2v) is 12.5. The van der Waals surface area contributed by atoms with Gasteiger partial charge in [0.2, 0.25) is 5.91 Å². The van der Waals surface area contributed by atoms with Crippen LogP contribution in [0.25, 0.3) is 28.5 Å². The third kappa shape index (κ3) is 7.08. The molecule has 256 valence electrons. The van der Waals surface area contributed by atoms with Crippen molar-refractivity contribution in [3.8, 4) is 17.0 Å². The quantitative estimate of drug-likeness (QED) is 0.333. The van der Waals surface area contributed by atoms with E-state index in [4.69, 9.17) is 21.1 Å². The van der Waals surface area contributed by atoms with Crippen molar-refractivity contribution in [2.24, 2.45) is 5.92 Å². The van der Waals surface area contributed by atoms with Gasteiger partial charge in [0.1, 0.15) is 36.1 Å². The van der Waals surface area contributed by atoms with Crippen molar-refractivity contribution < 1.29 is 28.2 Å². The molecule has 2 aromatic heterocycles. The molecule has 2 aliphatic heterocycles. The fraction of sp³-hybridized carbons (Fsp3) is 0.412. The van der Waals surface area contributed by atoms with E-state index in [1.807, 2.05) is 25.7 Å². The van der Waals surface area contributed by atoms with E-state index in [2.05, 4.69) is 21.9 Å². The number of carbonyl (C=O) groups is 1. The summed E-state index contributed by atoms with van der Waals surface area (Å²) in [5.74, 6) is -1.74. The monoisotopic (exact) mass is 684 g/mol. The Hall–Kier alpha value is -4.33. The SMILES string of the molecule is C=CC(=O)N1CCN(c2nc(=O)n3c4nc(c(F)cc24)-c2c(ccc(Cl)c2F)OCC(O)C(OCC)C(/C=C\NCC(C)C)=C\3)[C@@H](C)C1. The number of hydrogen-bond acceptors (Lipinski definition) is 9. The zero-order chi connectivity index (χ0) is 34.7. The number of nitrogens with zero attached hydrogens (tertiary/aromatic N) is 5. The number of aliphatic hydroxyl groups excluding tert-OH is 1. The third-order valence-corrected chi connectivity index (χ3v) is 8.44. The summed E-state index contributed by atoms with van der Waals surface area (Å²) in [6, 6.07) is 3.47. The number of piperazine rings is 1. The van der Waals surface area contributed by atoms with Crippen LogP contribution in [-0.2, 0) is 9.53 Å². The van der Waals surface area contributed by atoms with Crippen LogP contribution in [0.1, 0.15) is 27.7 Å². The summed E-state index contributed by atoms with van der Waals surface area (Å²) in [6.07, 6.45) is 3.70. The Labute approximate surface area is 282 Å². The van der Waals surface area contributed by atoms with E-state index in [0.717, 1.165) is 10.6 Å². The Kier molecular flexibility index (Phi) is 10.8. The van der Waals surface area contributed by atoms with Crippen molar-refractivity contribution in [2.75, 3.05) is 44.3 Å². The zero-order valence-electron chi connectivity index (χ0n) is 27.3. The number of aromatic nitrogens is 3. The first-order valence-electron chi connectivity index (χ1n) is 15.8. The van der Waals surface area contributed by atoms with Gasteiger partial charge in [-0.05, 0) is 56.3 Å². The second kappa shape index (κ2) is 14.8. The first-order chi connectivity index (χ1) is 22.9.